The van der Waals surface area contributed by atoms with Crippen molar-refractivity contribution in [2.45, 2.75) is 50.9 Å². The van der Waals surface area contributed by atoms with Crippen LogP contribution in [0.2, 0.25) is 0 Å². The summed E-state index contributed by atoms with van der Waals surface area (Å²) in [5, 5.41) is 10.6. The van der Waals surface area contributed by atoms with E-state index in [9.17, 15) is 14.3 Å². The Hall–Kier alpha value is -1.36. The molecule has 1 aliphatic rings. The molecule has 0 saturated carbocycles. The van der Waals surface area contributed by atoms with Crippen LogP contribution in [0, 0.1) is 5.82 Å². The lowest BCUT2D eigenvalue weighted by atomic mass is 9.80. The van der Waals surface area contributed by atoms with E-state index in [0.29, 0.717) is 30.5 Å². The highest BCUT2D eigenvalue weighted by Crippen LogP contribution is 2.47. The topological polar surface area (TPSA) is 53.1 Å². The van der Waals surface area contributed by atoms with Gasteiger partial charge in [-0.05, 0) is 37.0 Å². The number of hydrogen-bond donors (Lipinski definition) is 2. The molecular formula is C17H19BrFNO2. The van der Waals surface area contributed by atoms with E-state index in [4.69, 9.17) is 0 Å². The quantitative estimate of drug-likeness (QED) is 0.736. The van der Waals surface area contributed by atoms with Crippen molar-refractivity contribution in [2.24, 2.45) is 0 Å². The van der Waals surface area contributed by atoms with Crippen molar-refractivity contribution in [3.63, 3.8) is 0 Å². The minimum Gasteiger partial charge on any atom is -0.481 e. The Labute approximate surface area is 137 Å². The van der Waals surface area contributed by atoms with Crippen LogP contribution in [0.5, 0.6) is 0 Å². The molecule has 1 atom stereocenters. The van der Waals surface area contributed by atoms with E-state index in [1.54, 1.807) is 6.07 Å². The standard InChI is InChI=1S/C17H19BrFNO2/c1-2-3-4-8-17(16(21)22)9-7-10-13-11(18)5-6-12(19)14(13)20-15(10)17/h5-6,20H,2-4,7-9H2,1H3,(H,21,22). The van der Waals surface area contributed by atoms with Crippen molar-refractivity contribution in [3.05, 3.63) is 33.7 Å². The molecule has 0 fully saturated rings. The molecule has 0 aliphatic heterocycles. The highest BCUT2D eigenvalue weighted by atomic mass is 79.9. The molecule has 0 radical (unpaired) electrons. The molecular weight excluding hydrogens is 349 g/mol. The van der Waals surface area contributed by atoms with Gasteiger partial charge in [-0.15, -0.1) is 0 Å². The highest BCUT2D eigenvalue weighted by molar-refractivity contribution is 9.10. The summed E-state index contributed by atoms with van der Waals surface area (Å²) in [6.07, 6.45) is 4.82. The predicted molar refractivity (Wildman–Crippen MR) is 87.7 cm³/mol. The van der Waals surface area contributed by atoms with Crippen LogP contribution in [0.4, 0.5) is 4.39 Å². The van der Waals surface area contributed by atoms with E-state index >= 15 is 0 Å². The van der Waals surface area contributed by atoms with E-state index in [1.165, 1.54) is 6.07 Å². The van der Waals surface area contributed by atoms with Crippen molar-refractivity contribution in [2.75, 3.05) is 0 Å². The molecule has 0 saturated heterocycles. The van der Waals surface area contributed by atoms with Crippen LogP contribution < -0.4 is 0 Å². The van der Waals surface area contributed by atoms with Crippen LogP contribution in [0.1, 0.15) is 50.3 Å². The first-order valence-electron chi connectivity index (χ1n) is 7.73. The summed E-state index contributed by atoms with van der Waals surface area (Å²) in [5.74, 6) is -1.13. The van der Waals surface area contributed by atoms with Gasteiger partial charge in [0.15, 0.2) is 0 Å². The maximum Gasteiger partial charge on any atom is 0.315 e. The summed E-state index contributed by atoms with van der Waals surface area (Å²) in [5.41, 5.74) is 1.19. The van der Waals surface area contributed by atoms with Crippen molar-refractivity contribution < 1.29 is 14.3 Å². The molecule has 1 aliphatic carbocycles. The maximum absolute atomic E-state index is 14.1. The van der Waals surface area contributed by atoms with E-state index in [0.717, 1.165) is 34.7 Å². The Balaban J connectivity index is 2.15. The number of aryl methyl sites for hydroxylation is 1. The van der Waals surface area contributed by atoms with Gasteiger partial charge < -0.3 is 10.1 Å². The first kappa shape index (κ1) is 15.5. The summed E-state index contributed by atoms with van der Waals surface area (Å²) >= 11 is 3.47. The number of carboxylic acids is 1. The zero-order valence-electron chi connectivity index (χ0n) is 12.5. The number of benzene rings is 1. The zero-order chi connectivity index (χ0) is 15.9. The monoisotopic (exact) mass is 367 g/mol. The predicted octanol–water partition coefficient (Wildman–Crippen LogP) is 4.92. The van der Waals surface area contributed by atoms with Gasteiger partial charge in [-0.3, -0.25) is 4.79 Å². The van der Waals surface area contributed by atoms with Crippen LogP contribution in [-0.4, -0.2) is 16.1 Å². The van der Waals surface area contributed by atoms with E-state index in [2.05, 4.69) is 27.8 Å². The number of aromatic nitrogens is 1. The minimum absolute atomic E-state index is 0.333. The van der Waals surface area contributed by atoms with Crippen LogP contribution in [0.25, 0.3) is 10.9 Å². The third kappa shape index (κ3) is 2.18. The number of carboxylic acid groups (broad SMARTS) is 1. The molecule has 1 heterocycles. The summed E-state index contributed by atoms with van der Waals surface area (Å²) in [6.45, 7) is 2.10. The maximum atomic E-state index is 14.1. The van der Waals surface area contributed by atoms with Crippen LogP contribution in [-0.2, 0) is 16.6 Å². The fourth-order valence-corrected chi connectivity index (χ4v) is 4.23. The number of halogens is 2. The smallest absolute Gasteiger partial charge is 0.315 e. The normalized spacial score (nSPS) is 20.5. The second-order valence-corrected chi connectivity index (χ2v) is 6.96. The first-order chi connectivity index (χ1) is 10.5. The molecule has 22 heavy (non-hydrogen) atoms. The minimum atomic E-state index is -0.893. The molecule has 1 aromatic heterocycles. The Morgan fingerprint density at radius 2 is 2.23 bits per heavy atom. The number of carbonyl (C=O) groups is 1. The number of hydrogen-bond acceptors (Lipinski definition) is 1. The molecule has 1 unspecified atom stereocenters. The summed E-state index contributed by atoms with van der Waals surface area (Å²) in [7, 11) is 0. The molecule has 0 amide bonds. The molecule has 2 aromatic rings. The fourth-order valence-electron chi connectivity index (χ4n) is 3.66. The van der Waals surface area contributed by atoms with Gasteiger partial charge in [-0.1, -0.05) is 42.1 Å². The van der Waals surface area contributed by atoms with Gasteiger partial charge in [-0.2, -0.15) is 0 Å². The Bertz CT molecular complexity index is 740. The number of fused-ring (bicyclic) bond motifs is 3. The average molecular weight is 368 g/mol. The molecule has 0 spiro atoms. The highest BCUT2D eigenvalue weighted by Gasteiger charge is 2.47. The van der Waals surface area contributed by atoms with Gasteiger partial charge in [0.2, 0.25) is 0 Å². The van der Waals surface area contributed by atoms with E-state index in [-0.39, 0.29) is 5.82 Å². The molecule has 2 N–H and O–H groups in total. The fraction of sp³-hybridized carbons (Fsp3) is 0.471. The lowest BCUT2D eigenvalue weighted by Crippen LogP contribution is -2.34. The lowest BCUT2D eigenvalue weighted by Gasteiger charge is -2.24. The lowest BCUT2D eigenvalue weighted by molar-refractivity contribution is -0.144. The second-order valence-electron chi connectivity index (χ2n) is 6.10. The van der Waals surface area contributed by atoms with Crippen molar-refractivity contribution in [3.8, 4) is 0 Å². The Morgan fingerprint density at radius 3 is 2.91 bits per heavy atom. The average Bonchev–Trinajstić information content (AvgIpc) is 3.02. The molecule has 5 heteroatoms. The Morgan fingerprint density at radius 1 is 1.45 bits per heavy atom. The summed E-state index contributed by atoms with van der Waals surface area (Å²) in [4.78, 5) is 15.1. The molecule has 1 aromatic carbocycles. The molecule has 118 valence electrons. The largest absolute Gasteiger partial charge is 0.481 e. The number of aromatic amines is 1. The van der Waals surface area contributed by atoms with Gasteiger partial charge >= 0.3 is 5.97 Å². The van der Waals surface area contributed by atoms with Crippen LogP contribution in [0.15, 0.2) is 16.6 Å². The zero-order valence-corrected chi connectivity index (χ0v) is 14.1. The van der Waals surface area contributed by atoms with E-state index in [1.807, 2.05) is 0 Å². The van der Waals surface area contributed by atoms with Crippen molar-refractivity contribution >= 4 is 32.8 Å². The van der Waals surface area contributed by atoms with Gasteiger partial charge in [0.25, 0.3) is 0 Å². The van der Waals surface area contributed by atoms with Gasteiger partial charge in [-0.25, -0.2) is 4.39 Å². The van der Waals surface area contributed by atoms with Gasteiger partial charge in [0.1, 0.15) is 11.2 Å². The number of aliphatic carboxylic acids is 1. The SMILES string of the molecule is CCCCCC1(C(=O)O)CCc2c1[nH]c1c(F)ccc(Br)c21. The summed E-state index contributed by atoms with van der Waals surface area (Å²) < 4.78 is 14.9. The number of unbranched alkanes of at least 4 members (excludes halogenated alkanes) is 2. The van der Waals surface area contributed by atoms with E-state index < -0.39 is 11.4 Å². The third-order valence-corrected chi connectivity index (χ3v) is 5.51. The van der Waals surface area contributed by atoms with Gasteiger partial charge in [0, 0.05) is 15.6 Å². The molecule has 3 rings (SSSR count). The van der Waals surface area contributed by atoms with Crippen molar-refractivity contribution in [1.29, 1.82) is 0 Å². The molecule has 0 bridgehead atoms. The second kappa shape index (κ2) is 5.69. The Kier molecular flexibility index (Phi) is 4.02. The number of rotatable bonds is 5. The van der Waals surface area contributed by atoms with Crippen molar-refractivity contribution in [1.82, 2.24) is 4.98 Å². The van der Waals surface area contributed by atoms with Crippen LogP contribution in [0.3, 0.4) is 0 Å². The third-order valence-electron chi connectivity index (χ3n) is 4.85. The molecule has 3 nitrogen and oxygen atoms in total. The van der Waals surface area contributed by atoms with Crippen LogP contribution >= 0.6 is 15.9 Å². The number of H-pyrrole nitrogens is 1. The number of nitrogens with one attached hydrogen (secondary N) is 1. The first-order valence-corrected chi connectivity index (χ1v) is 8.53. The summed E-state index contributed by atoms with van der Waals surface area (Å²) in [6, 6.07) is 3.08. The van der Waals surface area contributed by atoms with Gasteiger partial charge in [0.05, 0.1) is 5.52 Å².